The maximum Gasteiger partial charge on any atom is 0.331 e. The van der Waals surface area contributed by atoms with E-state index in [-0.39, 0.29) is 30.6 Å². The molecule has 0 unspecified atom stereocenters. The number of esters is 1. The smallest absolute Gasteiger partial charge is 0.331 e. The number of nitrogens with one attached hydrogen (secondary N) is 2. The van der Waals surface area contributed by atoms with Crippen LogP contribution >= 0.6 is 0 Å². The third kappa shape index (κ3) is 18.9. The van der Waals surface area contributed by atoms with E-state index < -0.39 is 30.6 Å². The number of amides is 2. The quantitative estimate of drug-likeness (QED) is 0.143. The van der Waals surface area contributed by atoms with Gasteiger partial charge in [0.2, 0.25) is 12.3 Å². The Bertz CT molecular complexity index is 1320. The highest BCUT2D eigenvalue weighted by Crippen LogP contribution is 2.20. The molecule has 1 aliphatic heterocycles. The van der Waals surface area contributed by atoms with Crippen LogP contribution in [-0.2, 0) is 28.6 Å². The lowest BCUT2D eigenvalue weighted by Gasteiger charge is -2.22. The number of carbonyl (C=O) groups is 3. The minimum atomic E-state index is -1.01. The number of allylic oxidation sites excluding steroid dienone is 11. The van der Waals surface area contributed by atoms with Gasteiger partial charge in [0.05, 0.1) is 18.8 Å². The second-order valence-corrected chi connectivity index (χ2v) is 12.3. The first kappa shape index (κ1) is 43.0. The van der Waals surface area contributed by atoms with Crippen molar-refractivity contribution in [2.24, 2.45) is 11.8 Å². The molecule has 0 bridgehead atoms. The van der Waals surface area contributed by atoms with Crippen LogP contribution in [0.25, 0.3) is 0 Å². The Kier molecular flexibility index (Phi) is 21.9. The molecular formula is C40H58N2O7. The summed E-state index contributed by atoms with van der Waals surface area (Å²) in [6.07, 6.45) is 29.7. The summed E-state index contributed by atoms with van der Waals surface area (Å²) >= 11 is 0. The van der Waals surface area contributed by atoms with Gasteiger partial charge in [0.15, 0.2) is 0 Å². The highest BCUT2D eigenvalue weighted by molar-refractivity contribution is 5.84. The van der Waals surface area contributed by atoms with Crippen LogP contribution in [0.1, 0.15) is 60.8 Å². The van der Waals surface area contributed by atoms with Crippen molar-refractivity contribution < 1.29 is 33.7 Å². The van der Waals surface area contributed by atoms with Crippen molar-refractivity contribution in [1.82, 2.24) is 10.6 Å². The van der Waals surface area contributed by atoms with Crippen LogP contribution in [-0.4, -0.2) is 75.1 Å². The van der Waals surface area contributed by atoms with Crippen molar-refractivity contribution in [2.45, 2.75) is 85.2 Å². The zero-order valence-electron chi connectivity index (χ0n) is 30.6. The minimum Gasteiger partial charge on any atom is -0.454 e. The first-order valence-electron chi connectivity index (χ1n) is 16.8. The van der Waals surface area contributed by atoms with Gasteiger partial charge in [0.25, 0.3) is 0 Å². The molecule has 0 aromatic carbocycles. The second-order valence-electron chi connectivity index (χ2n) is 12.3. The lowest BCUT2D eigenvalue weighted by atomic mass is 9.96. The topological polar surface area (TPSA) is 123 Å². The molecule has 9 heteroatoms. The highest BCUT2D eigenvalue weighted by Gasteiger charge is 2.21. The fourth-order valence-electron chi connectivity index (χ4n) is 4.78. The van der Waals surface area contributed by atoms with Crippen molar-refractivity contribution in [3.63, 3.8) is 0 Å². The minimum absolute atomic E-state index is 0.00523. The zero-order valence-corrected chi connectivity index (χ0v) is 30.6. The lowest BCUT2D eigenvalue weighted by molar-refractivity contribution is -0.142. The van der Waals surface area contributed by atoms with E-state index in [0.717, 1.165) is 36.0 Å². The largest absolute Gasteiger partial charge is 0.454 e. The van der Waals surface area contributed by atoms with E-state index >= 15 is 0 Å². The Morgan fingerprint density at radius 2 is 1.69 bits per heavy atom. The Hall–Kier alpha value is -4.05. The molecule has 2 amide bonds. The number of carbonyl (C=O) groups excluding carboxylic acids is 3. The molecule has 0 aromatic heterocycles. The molecule has 1 rings (SSSR count). The molecule has 0 saturated carbocycles. The van der Waals surface area contributed by atoms with Gasteiger partial charge < -0.3 is 30.0 Å². The molecule has 9 nitrogen and oxygen atoms in total. The monoisotopic (exact) mass is 678 g/mol. The van der Waals surface area contributed by atoms with Gasteiger partial charge in [-0.2, -0.15) is 0 Å². The van der Waals surface area contributed by atoms with Gasteiger partial charge in [-0.15, -0.1) is 0 Å². The third-order valence-corrected chi connectivity index (χ3v) is 7.88. The number of ether oxygens (including phenoxy) is 3. The van der Waals surface area contributed by atoms with Crippen LogP contribution in [0.5, 0.6) is 0 Å². The van der Waals surface area contributed by atoms with Crippen molar-refractivity contribution >= 4 is 18.3 Å². The molecule has 0 fully saturated rings. The summed E-state index contributed by atoms with van der Waals surface area (Å²) < 4.78 is 17.3. The Morgan fingerprint density at radius 3 is 2.37 bits per heavy atom. The Labute approximate surface area is 293 Å². The molecule has 6 atom stereocenters. The number of rotatable bonds is 10. The van der Waals surface area contributed by atoms with Crippen molar-refractivity contribution in [1.29, 1.82) is 0 Å². The summed E-state index contributed by atoms with van der Waals surface area (Å²) in [6, 6.07) is -1.01. The molecule has 1 heterocycles. The first-order valence-corrected chi connectivity index (χ1v) is 16.8. The zero-order chi connectivity index (χ0) is 36.6. The first-order chi connectivity index (χ1) is 23.4. The van der Waals surface area contributed by atoms with Gasteiger partial charge >= 0.3 is 5.97 Å². The molecule has 0 aromatic rings. The standard InChI is InChI=1S/C40H58N2O7/c1-29-13-11-17-35(47-7)16-10-9-15-33(5)39(34(6)23-21-32(4)26-41-40(46)37(27-43)42-28-44)49-38(45)24-22-30(2)19-20-31(3)25-36(48-8)18-12-14-29/h9-10,12-16,19-25,28,30,33,35-37,39,43H,11,17-18,26-27H2,1-8H3,(H,41,46)(H,42,44)/b14-12+,15-9+,16-10+,20-19+,24-22+,29-13-,31-25+,32-21+,34-23+/t30-,33+,35-,36+,37+,39+/m1/s1. The van der Waals surface area contributed by atoms with Crippen LogP contribution in [0.15, 0.2) is 107 Å². The third-order valence-electron chi connectivity index (χ3n) is 7.88. The lowest BCUT2D eigenvalue weighted by Crippen LogP contribution is -2.46. The Morgan fingerprint density at radius 1 is 1.00 bits per heavy atom. The van der Waals surface area contributed by atoms with Gasteiger partial charge in [-0.3, -0.25) is 9.59 Å². The SMILES string of the molecule is CO[C@@H]1/C=C(C)/C=C/[C@@H](C)/C=C/C(=O)O[C@H](/C(C)=C/C=C(\C)CNC(=O)[C@H](CO)NC=O)[C@@H](C)/C=C/C=C/[C@@H](OC)CC/C=C(C)\C=C\C1. The number of hydrogen-bond acceptors (Lipinski definition) is 7. The van der Waals surface area contributed by atoms with Crippen molar-refractivity contribution in [2.75, 3.05) is 27.4 Å². The predicted octanol–water partition coefficient (Wildman–Crippen LogP) is 6.17. The van der Waals surface area contributed by atoms with E-state index in [9.17, 15) is 19.5 Å². The molecule has 0 radical (unpaired) electrons. The molecule has 0 spiro atoms. The van der Waals surface area contributed by atoms with E-state index in [1.165, 1.54) is 11.6 Å². The van der Waals surface area contributed by atoms with Crippen LogP contribution in [0.3, 0.4) is 0 Å². The van der Waals surface area contributed by atoms with E-state index in [2.05, 4.69) is 41.9 Å². The van der Waals surface area contributed by atoms with E-state index in [1.807, 2.05) is 89.3 Å². The maximum atomic E-state index is 13.0. The summed E-state index contributed by atoms with van der Waals surface area (Å²) in [5.74, 6) is -1.10. The average molecular weight is 679 g/mol. The fourth-order valence-corrected chi connectivity index (χ4v) is 4.78. The van der Waals surface area contributed by atoms with Gasteiger partial charge in [0, 0.05) is 32.8 Å². The summed E-state index contributed by atoms with van der Waals surface area (Å²) in [5, 5.41) is 14.3. The summed E-state index contributed by atoms with van der Waals surface area (Å²) in [7, 11) is 3.41. The number of methoxy groups -OCH3 is 2. The van der Waals surface area contributed by atoms with Crippen LogP contribution in [0, 0.1) is 11.8 Å². The predicted molar refractivity (Wildman–Crippen MR) is 197 cm³/mol. The van der Waals surface area contributed by atoms with Crippen LogP contribution in [0.4, 0.5) is 0 Å². The van der Waals surface area contributed by atoms with Crippen molar-refractivity contribution in [3.8, 4) is 0 Å². The molecular weight excluding hydrogens is 620 g/mol. The number of hydrogen-bond donors (Lipinski definition) is 3. The van der Waals surface area contributed by atoms with Gasteiger partial charge in [-0.25, -0.2) is 4.79 Å². The number of cyclic esters (lactones) is 1. The molecule has 0 saturated heterocycles. The highest BCUT2D eigenvalue weighted by atomic mass is 16.5. The number of aliphatic hydroxyl groups is 1. The molecule has 3 N–H and O–H groups in total. The maximum absolute atomic E-state index is 13.0. The van der Waals surface area contributed by atoms with E-state index in [1.54, 1.807) is 14.2 Å². The van der Waals surface area contributed by atoms with E-state index in [0.29, 0.717) is 6.41 Å². The van der Waals surface area contributed by atoms with Crippen LogP contribution in [0.2, 0.25) is 0 Å². The molecule has 0 aliphatic carbocycles. The number of aliphatic hydroxyl groups excluding tert-OH is 1. The normalized spacial score (nSPS) is 30.1. The second kappa shape index (κ2) is 25.0. The summed E-state index contributed by atoms with van der Waals surface area (Å²) in [4.78, 5) is 35.9. The average Bonchev–Trinajstić information content (AvgIpc) is 3.08. The summed E-state index contributed by atoms with van der Waals surface area (Å²) in [5.41, 5.74) is 3.90. The van der Waals surface area contributed by atoms with Gasteiger partial charge in [-0.1, -0.05) is 110 Å². The van der Waals surface area contributed by atoms with E-state index in [4.69, 9.17) is 14.2 Å². The summed E-state index contributed by atoms with van der Waals surface area (Å²) in [6.45, 7) is 11.6. The molecule has 1 aliphatic rings. The Balaban J connectivity index is 3.31. The van der Waals surface area contributed by atoms with Gasteiger partial charge in [-0.05, 0) is 58.4 Å². The molecule has 49 heavy (non-hydrogen) atoms. The fraction of sp³-hybridized carbons (Fsp3) is 0.475. The molecule has 270 valence electrons. The van der Waals surface area contributed by atoms with Crippen LogP contribution < -0.4 is 10.6 Å². The van der Waals surface area contributed by atoms with Crippen molar-refractivity contribution in [3.05, 3.63) is 107 Å². The van der Waals surface area contributed by atoms with Gasteiger partial charge in [0.1, 0.15) is 12.1 Å².